The number of amides is 1. The number of hydrogen-bond acceptors (Lipinski definition) is 7. The second kappa shape index (κ2) is 10.5. The number of carbonyl (C=O) groups excluding carboxylic acids is 1. The Labute approximate surface area is 160 Å². The molecule has 1 aliphatic rings. The Kier molecular flexibility index (Phi) is 8.30. The molecule has 0 bridgehead atoms. The fourth-order valence-electron chi connectivity index (χ4n) is 3.26. The molecule has 1 aromatic carbocycles. The van der Waals surface area contributed by atoms with Crippen LogP contribution in [-0.2, 0) is 16.1 Å². The van der Waals surface area contributed by atoms with Crippen LogP contribution in [0.2, 0.25) is 0 Å². The van der Waals surface area contributed by atoms with E-state index in [2.05, 4.69) is 5.32 Å². The summed E-state index contributed by atoms with van der Waals surface area (Å²) < 4.78 is 16.0. The van der Waals surface area contributed by atoms with Crippen molar-refractivity contribution in [1.29, 1.82) is 0 Å². The maximum atomic E-state index is 11.3. The lowest BCUT2D eigenvalue weighted by molar-refractivity contribution is -0.120. The van der Waals surface area contributed by atoms with Crippen LogP contribution in [0.15, 0.2) is 18.2 Å². The molecule has 1 aromatic rings. The van der Waals surface area contributed by atoms with Crippen molar-refractivity contribution in [2.24, 2.45) is 0 Å². The molecule has 3 N–H and O–H groups in total. The summed E-state index contributed by atoms with van der Waals surface area (Å²) in [7, 11) is 3.20. The maximum Gasteiger partial charge on any atom is 0.217 e. The molecular weight excluding hydrogens is 352 g/mol. The number of β-amino-alcohol motifs (C(OH)–C–C–N with tert-alkyl or cyclic N) is 2. The average molecular weight is 382 g/mol. The van der Waals surface area contributed by atoms with Crippen molar-refractivity contribution in [3.63, 3.8) is 0 Å². The van der Waals surface area contributed by atoms with Gasteiger partial charge in [0.05, 0.1) is 32.0 Å². The predicted octanol–water partition coefficient (Wildman–Crippen LogP) is 0.153. The number of methoxy groups -OCH3 is 2. The largest absolute Gasteiger partial charge is 0.493 e. The van der Waals surface area contributed by atoms with Gasteiger partial charge in [0, 0.05) is 33.7 Å². The normalized spacial score (nSPS) is 23.5. The molecule has 0 spiro atoms. The summed E-state index contributed by atoms with van der Waals surface area (Å²) in [6.45, 7) is 3.60. The van der Waals surface area contributed by atoms with E-state index in [1.54, 1.807) is 14.2 Å². The van der Waals surface area contributed by atoms with Crippen LogP contribution in [0.25, 0.3) is 0 Å². The van der Waals surface area contributed by atoms with E-state index >= 15 is 0 Å². The molecule has 0 unspecified atom stereocenters. The topological polar surface area (TPSA) is 100 Å². The number of nitrogens with zero attached hydrogens (tertiary/aromatic N) is 1. The Morgan fingerprint density at radius 2 is 2.00 bits per heavy atom. The number of carbonyl (C=O) groups is 1. The number of rotatable bonds is 8. The number of hydrogen-bond donors (Lipinski definition) is 3. The fourth-order valence-corrected chi connectivity index (χ4v) is 3.26. The standard InChI is InChI=1S/C19H30N2O6/c1-13(22)20-16-9-15(23)11-21(12-17(16)24)10-14-4-5-18(26-3)19(8-14)27-7-6-25-2/h4-5,8,15-17,23-24H,6-7,9-12H2,1-3H3,(H,20,22)/t15-,16-,17-/m1/s1. The summed E-state index contributed by atoms with van der Waals surface area (Å²) in [4.78, 5) is 13.3. The lowest BCUT2D eigenvalue weighted by atomic mass is 10.1. The minimum Gasteiger partial charge on any atom is -0.493 e. The van der Waals surface area contributed by atoms with Crippen LogP contribution < -0.4 is 14.8 Å². The molecule has 1 heterocycles. The molecular formula is C19H30N2O6. The predicted molar refractivity (Wildman–Crippen MR) is 99.9 cm³/mol. The van der Waals surface area contributed by atoms with Crippen molar-refractivity contribution >= 4 is 5.91 Å². The van der Waals surface area contributed by atoms with Crippen LogP contribution in [0.5, 0.6) is 11.5 Å². The highest BCUT2D eigenvalue weighted by Crippen LogP contribution is 2.29. The van der Waals surface area contributed by atoms with Gasteiger partial charge in [-0.1, -0.05) is 6.07 Å². The molecule has 0 radical (unpaired) electrons. The van der Waals surface area contributed by atoms with Crippen molar-refractivity contribution in [2.75, 3.05) is 40.5 Å². The van der Waals surface area contributed by atoms with E-state index < -0.39 is 18.2 Å². The van der Waals surface area contributed by atoms with Crippen molar-refractivity contribution < 1.29 is 29.2 Å². The lowest BCUT2D eigenvalue weighted by Crippen LogP contribution is -2.45. The number of ether oxygens (including phenoxy) is 3. The third kappa shape index (κ3) is 6.66. The van der Waals surface area contributed by atoms with E-state index in [1.165, 1.54) is 6.92 Å². The first-order chi connectivity index (χ1) is 12.9. The lowest BCUT2D eigenvalue weighted by Gasteiger charge is -2.25. The SMILES string of the molecule is COCCOc1cc(CN2C[C@H](O)C[C@@H](NC(C)=O)[C@H](O)C2)ccc1OC. The fraction of sp³-hybridized carbons (Fsp3) is 0.632. The molecule has 2 rings (SSSR count). The van der Waals surface area contributed by atoms with Gasteiger partial charge in [0.1, 0.15) is 6.61 Å². The van der Waals surface area contributed by atoms with Crippen LogP contribution in [0, 0.1) is 0 Å². The molecule has 152 valence electrons. The number of nitrogens with one attached hydrogen (secondary N) is 1. The number of likely N-dealkylation sites (tertiary alicyclic amines) is 1. The quantitative estimate of drug-likeness (QED) is 0.551. The van der Waals surface area contributed by atoms with Gasteiger partial charge in [0.15, 0.2) is 11.5 Å². The van der Waals surface area contributed by atoms with Gasteiger partial charge in [-0.15, -0.1) is 0 Å². The van der Waals surface area contributed by atoms with Crippen LogP contribution in [0.4, 0.5) is 0 Å². The van der Waals surface area contributed by atoms with Gasteiger partial charge >= 0.3 is 0 Å². The van der Waals surface area contributed by atoms with Crippen LogP contribution in [-0.4, -0.2) is 79.8 Å². The third-order valence-electron chi connectivity index (χ3n) is 4.47. The Morgan fingerprint density at radius 3 is 2.67 bits per heavy atom. The highest BCUT2D eigenvalue weighted by atomic mass is 16.5. The van der Waals surface area contributed by atoms with Crippen molar-refractivity contribution in [3.8, 4) is 11.5 Å². The second-order valence-corrected chi connectivity index (χ2v) is 6.78. The Bertz CT molecular complexity index is 612. The van der Waals surface area contributed by atoms with Crippen LogP contribution in [0.3, 0.4) is 0 Å². The molecule has 8 nitrogen and oxygen atoms in total. The number of aliphatic hydroxyl groups excluding tert-OH is 2. The van der Waals surface area contributed by atoms with Gasteiger partial charge in [-0.2, -0.15) is 0 Å². The summed E-state index contributed by atoms with van der Waals surface area (Å²) in [6.07, 6.45) is -1.05. The van der Waals surface area contributed by atoms with E-state index in [9.17, 15) is 15.0 Å². The highest BCUT2D eigenvalue weighted by Gasteiger charge is 2.30. The van der Waals surface area contributed by atoms with E-state index in [-0.39, 0.29) is 5.91 Å². The van der Waals surface area contributed by atoms with Crippen molar-refractivity contribution in [1.82, 2.24) is 10.2 Å². The Balaban J connectivity index is 2.06. The van der Waals surface area contributed by atoms with E-state index in [4.69, 9.17) is 14.2 Å². The molecule has 3 atom stereocenters. The maximum absolute atomic E-state index is 11.3. The molecule has 0 aromatic heterocycles. The molecule has 1 aliphatic heterocycles. The third-order valence-corrected chi connectivity index (χ3v) is 4.47. The highest BCUT2D eigenvalue weighted by molar-refractivity contribution is 5.73. The molecule has 8 heteroatoms. The molecule has 1 amide bonds. The minimum absolute atomic E-state index is 0.215. The van der Waals surface area contributed by atoms with E-state index in [0.29, 0.717) is 50.8 Å². The Hall–Kier alpha value is -1.87. The number of aliphatic hydroxyl groups is 2. The average Bonchev–Trinajstić information content (AvgIpc) is 2.73. The minimum atomic E-state index is -0.748. The summed E-state index contributed by atoms with van der Waals surface area (Å²) in [5, 5.41) is 23.4. The van der Waals surface area contributed by atoms with Crippen molar-refractivity contribution in [3.05, 3.63) is 23.8 Å². The molecule has 0 aliphatic carbocycles. The first kappa shape index (κ1) is 21.4. The van der Waals surface area contributed by atoms with Gasteiger partial charge < -0.3 is 29.7 Å². The molecule has 1 fully saturated rings. The zero-order chi connectivity index (χ0) is 19.8. The molecule has 1 saturated heterocycles. The Morgan fingerprint density at radius 1 is 1.22 bits per heavy atom. The van der Waals surface area contributed by atoms with E-state index in [1.807, 2.05) is 23.1 Å². The summed E-state index contributed by atoms with van der Waals surface area (Å²) in [6, 6.07) is 5.20. The first-order valence-electron chi connectivity index (χ1n) is 9.07. The summed E-state index contributed by atoms with van der Waals surface area (Å²) >= 11 is 0. The van der Waals surface area contributed by atoms with Gasteiger partial charge in [0.25, 0.3) is 0 Å². The van der Waals surface area contributed by atoms with Gasteiger partial charge in [-0.3, -0.25) is 9.69 Å². The van der Waals surface area contributed by atoms with Gasteiger partial charge in [0.2, 0.25) is 5.91 Å². The van der Waals surface area contributed by atoms with Crippen molar-refractivity contribution in [2.45, 2.75) is 38.1 Å². The summed E-state index contributed by atoms with van der Waals surface area (Å²) in [5.74, 6) is 1.04. The molecule has 0 saturated carbocycles. The summed E-state index contributed by atoms with van der Waals surface area (Å²) in [5.41, 5.74) is 0.973. The monoisotopic (exact) mass is 382 g/mol. The first-order valence-corrected chi connectivity index (χ1v) is 9.07. The smallest absolute Gasteiger partial charge is 0.217 e. The van der Waals surface area contributed by atoms with E-state index in [0.717, 1.165) is 5.56 Å². The van der Waals surface area contributed by atoms with Crippen LogP contribution in [0.1, 0.15) is 18.9 Å². The van der Waals surface area contributed by atoms with Gasteiger partial charge in [-0.05, 0) is 24.1 Å². The second-order valence-electron chi connectivity index (χ2n) is 6.78. The molecule has 27 heavy (non-hydrogen) atoms. The zero-order valence-electron chi connectivity index (χ0n) is 16.2. The number of benzene rings is 1. The van der Waals surface area contributed by atoms with Crippen LogP contribution >= 0.6 is 0 Å². The van der Waals surface area contributed by atoms with Gasteiger partial charge in [-0.25, -0.2) is 0 Å². The zero-order valence-corrected chi connectivity index (χ0v) is 16.2.